The molecule has 0 radical (unpaired) electrons. The van der Waals surface area contributed by atoms with Crippen molar-refractivity contribution in [1.29, 1.82) is 0 Å². The Kier molecular flexibility index (Phi) is 2.76. The molecule has 5 nitrogen and oxygen atoms in total. The minimum atomic E-state index is 0.623. The van der Waals surface area contributed by atoms with Gasteiger partial charge in [-0.2, -0.15) is 0 Å². The number of hydrogen-bond donors (Lipinski definition) is 1. The minimum absolute atomic E-state index is 0.623. The molecular formula is C11H14N4O. The zero-order valence-corrected chi connectivity index (χ0v) is 9.34. The van der Waals surface area contributed by atoms with Crippen LogP contribution in [0.15, 0.2) is 24.5 Å². The third-order valence-electron chi connectivity index (χ3n) is 2.43. The van der Waals surface area contributed by atoms with Crippen molar-refractivity contribution in [2.24, 2.45) is 0 Å². The molecule has 0 saturated carbocycles. The molecule has 84 valence electrons. The Bertz CT molecular complexity index is 492. The fourth-order valence-electron chi connectivity index (χ4n) is 1.57. The summed E-state index contributed by atoms with van der Waals surface area (Å²) in [5.41, 5.74) is 7.33. The van der Waals surface area contributed by atoms with Gasteiger partial charge in [-0.1, -0.05) is 6.92 Å². The maximum absolute atomic E-state index is 5.76. The first-order valence-electron chi connectivity index (χ1n) is 5.09. The number of ether oxygens (including phenoxy) is 1. The third kappa shape index (κ3) is 1.71. The van der Waals surface area contributed by atoms with Crippen LogP contribution in [0.25, 0.3) is 5.69 Å². The van der Waals surface area contributed by atoms with Gasteiger partial charge in [-0.25, -0.2) is 0 Å². The summed E-state index contributed by atoms with van der Waals surface area (Å²) < 4.78 is 7.10. The quantitative estimate of drug-likeness (QED) is 0.791. The van der Waals surface area contributed by atoms with Crippen molar-refractivity contribution in [3.05, 3.63) is 30.4 Å². The van der Waals surface area contributed by atoms with Crippen LogP contribution in [0, 0.1) is 0 Å². The normalized spacial score (nSPS) is 10.4. The summed E-state index contributed by atoms with van der Waals surface area (Å²) in [6.45, 7) is 2.04. The average molecular weight is 218 g/mol. The van der Waals surface area contributed by atoms with Crippen LogP contribution >= 0.6 is 0 Å². The lowest BCUT2D eigenvalue weighted by molar-refractivity contribution is 0.417. The van der Waals surface area contributed by atoms with Gasteiger partial charge in [-0.15, -0.1) is 10.2 Å². The predicted octanol–water partition coefficient (Wildman–Crippen LogP) is 1.42. The highest BCUT2D eigenvalue weighted by atomic mass is 16.5. The maximum atomic E-state index is 5.76. The zero-order valence-electron chi connectivity index (χ0n) is 9.34. The van der Waals surface area contributed by atoms with E-state index in [1.54, 1.807) is 13.4 Å². The fraction of sp³-hybridized carbons (Fsp3) is 0.273. The van der Waals surface area contributed by atoms with Gasteiger partial charge in [0.05, 0.1) is 18.5 Å². The van der Waals surface area contributed by atoms with Gasteiger partial charge >= 0.3 is 0 Å². The summed E-state index contributed by atoms with van der Waals surface area (Å²) in [4.78, 5) is 0. The fourth-order valence-corrected chi connectivity index (χ4v) is 1.57. The minimum Gasteiger partial charge on any atom is -0.495 e. The lowest BCUT2D eigenvalue weighted by atomic mass is 10.2. The topological polar surface area (TPSA) is 66.0 Å². The van der Waals surface area contributed by atoms with Crippen LogP contribution in [0.4, 0.5) is 5.69 Å². The van der Waals surface area contributed by atoms with Crippen molar-refractivity contribution in [3.8, 4) is 11.4 Å². The monoisotopic (exact) mass is 218 g/mol. The summed E-state index contributed by atoms with van der Waals surface area (Å²) in [5, 5.41) is 7.92. The van der Waals surface area contributed by atoms with Gasteiger partial charge in [0.15, 0.2) is 0 Å². The van der Waals surface area contributed by atoms with Gasteiger partial charge in [0.1, 0.15) is 17.9 Å². The Hall–Kier alpha value is -2.04. The molecule has 0 aliphatic carbocycles. The Morgan fingerprint density at radius 1 is 1.44 bits per heavy atom. The Morgan fingerprint density at radius 3 is 2.94 bits per heavy atom. The first-order valence-corrected chi connectivity index (χ1v) is 5.09. The van der Waals surface area contributed by atoms with E-state index in [-0.39, 0.29) is 0 Å². The second-order valence-corrected chi connectivity index (χ2v) is 3.40. The largest absolute Gasteiger partial charge is 0.495 e. The SMILES string of the molecule is CCc1nncn1-c1ccc(N)c(OC)c1. The second-order valence-electron chi connectivity index (χ2n) is 3.40. The molecule has 0 atom stereocenters. The van der Waals surface area contributed by atoms with E-state index in [1.807, 2.05) is 29.7 Å². The molecule has 5 heteroatoms. The Morgan fingerprint density at radius 2 is 2.25 bits per heavy atom. The highest BCUT2D eigenvalue weighted by molar-refractivity contribution is 5.57. The number of nitrogens with zero attached hydrogens (tertiary/aromatic N) is 3. The number of nitrogens with two attached hydrogens (primary N) is 1. The highest BCUT2D eigenvalue weighted by Gasteiger charge is 2.06. The van der Waals surface area contributed by atoms with Crippen LogP contribution in [-0.4, -0.2) is 21.9 Å². The molecule has 1 aromatic carbocycles. The molecule has 2 N–H and O–H groups in total. The van der Waals surface area contributed by atoms with Crippen LogP contribution in [0.2, 0.25) is 0 Å². The molecule has 0 bridgehead atoms. The standard InChI is InChI=1S/C11H14N4O/c1-3-11-14-13-7-15(11)8-4-5-9(12)10(6-8)16-2/h4-7H,3,12H2,1-2H3. The first kappa shape index (κ1) is 10.5. The number of hydrogen-bond acceptors (Lipinski definition) is 4. The molecule has 0 saturated heterocycles. The van der Waals surface area contributed by atoms with Crippen molar-refractivity contribution in [1.82, 2.24) is 14.8 Å². The van der Waals surface area contributed by atoms with E-state index < -0.39 is 0 Å². The smallest absolute Gasteiger partial charge is 0.143 e. The van der Waals surface area contributed by atoms with Crippen LogP contribution in [0.1, 0.15) is 12.7 Å². The summed E-state index contributed by atoms with van der Waals surface area (Å²) in [5.74, 6) is 1.57. The van der Waals surface area contributed by atoms with Gasteiger partial charge in [0.2, 0.25) is 0 Å². The van der Waals surface area contributed by atoms with Crippen LogP contribution in [0.5, 0.6) is 5.75 Å². The molecule has 1 heterocycles. The summed E-state index contributed by atoms with van der Waals surface area (Å²) in [6.07, 6.45) is 2.51. The molecule has 0 aliphatic heterocycles. The lowest BCUT2D eigenvalue weighted by Gasteiger charge is -2.09. The van der Waals surface area contributed by atoms with Crippen LogP contribution in [0.3, 0.4) is 0 Å². The van der Waals surface area contributed by atoms with Crippen molar-refractivity contribution in [2.45, 2.75) is 13.3 Å². The van der Waals surface area contributed by atoms with Crippen LogP contribution < -0.4 is 10.5 Å². The Balaban J connectivity index is 2.48. The molecule has 16 heavy (non-hydrogen) atoms. The molecule has 2 rings (SSSR count). The van der Waals surface area contributed by atoms with Gasteiger partial charge in [0.25, 0.3) is 0 Å². The number of nitrogen functional groups attached to an aromatic ring is 1. The van der Waals surface area contributed by atoms with E-state index in [1.165, 1.54) is 0 Å². The molecule has 0 amide bonds. The van der Waals surface area contributed by atoms with E-state index in [0.29, 0.717) is 11.4 Å². The zero-order chi connectivity index (χ0) is 11.5. The molecule has 2 aromatic rings. The van der Waals surface area contributed by atoms with Gasteiger partial charge < -0.3 is 10.5 Å². The van der Waals surface area contributed by atoms with E-state index in [4.69, 9.17) is 10.5 Å². The number of rotatable bonds is 3. The molecule has 0 fully saturated rings. The molecule has 0 aliphatic rings. The molecule has 0 spiro atoms. The van der Waals surface area contributed by atoms with Crippen molar-refractivity contribution in [2.75, 3.05) is 12.8 Å². The number of anilines is 1. The maximum Gasteiger partial charge on any atom is 0.143 e. The van der Waals surface area contributed by atoms with Crippen LogP contribution in [-0.2, 0) is 6.42 Å². The van der Waals surface area contributed by atoms with Crippen molar-refractivity contribution < 1.29 is 4.74 Å². The third-order valence-corrected chi connectivity index (χ3v) is 2.43. The molecular weight excluding hydrogens is 204 g/mol. The van der Waals surface area contributed by atoms with E-state index in [9.17, 15) is 0 Å². The average Bonchev–Trinajstić information content (AvgIpc) is 2.78. The second kappa shape index (κ2) is 4.22. The number of benzene rings is 1. The van der Waals surface area contributed by atoms with E-state index in [0.717, 1.165) is 17.9 Å². The van der Waals surface area contributed by atoms with E-state index >= 15 is 0 Å². The Labute approximate surface area is 93.9 Å². The molecule has 1 aromatic heterocycles. The predicted molar refractivity (Wildman–Crippen MR) is 61.7 cm³/mol. The lowest BCUT2D eigenvalue weighted by Crippen LogP contribution is -2.00. The van der Waals surface area contributed by atoms with Gasteiger partial charge in [0, 0.05) is 12.5 Å². The highest BCUT2D eigenvalue weighted by Crippen LogP contribution is 2.24. The number of aromatic nitrogens is 3. The first-order chi connectivity index (χ1) is 7.76. The van der Waals surface area contributed by atoms with Crippen molar-refractivity contribution >= 4 is 5.69 Å². The van der Waals surface area contributed by atoms with E-state index in [2.05, 4.69) is 10.2 Å². The number of aryl methyl sites for hydroxylation is 1. The molecule has 0 unspecified atom stereocenters. The van der Waals surface area contributed by atoms with Gasteiger partial charge in [-0.05, 0) is 12.1 Å². The van der Waals surface area contributed by atoms with Gasteiger partial charge in [-0.3, -0.25) is 4.57 Å². The number of methoxy groups -OCH3 is 1. The summed E-state index contributed by atoms with van der Waals surface area (Å²) in [6, 6.07) is 5.60. The van der Waals surface area contributed by atoms with Crippen molar-refractivity contribution in [3.63, 3.8) is 0 Å². The summed E-state index contributed by atoms with van der Waals surface area (Å²) >= 11 is 0. The summed E-state index contributed by atoms with van der Waals surface area (Å²) in [7, 11) is 1.60.